The Bertz CT molecular complexity index is 346. The first-order valence-corrected chi connectivity index (χ1v) is 6.76. The normalized spacial score (nSPS) is 31.3. The van der Waals surface area contributed by atoms with E-state index in [-0.39, 0.29) is 24.5 Å². The molecule has 2 aliphatic heterocycles. The van der Waals surface area contributed by atoms with E-state index in [1.54, 1.807) is 4.90 Å². The Morgan fingerprint density at radius 1 is 1.37 bits per heavy atom. The average molecular weight is 271 g/mol. The number of hydrogen-bond acceptors (Lipinski definition) is 5. The Balaban J connectivity index is 2.09. The quantitative estimate of drug-likeness (QED) is 0.686. The van der Waals surface area contributed by atoms with Crippen molar-refractivity contribution in [1.29, 1.82) is 0 Å². The molecule has 2 rings (SSSR count). The largest absolute Gasteiger partial charge is 0.467 e. The van der Waals surface area contributed by atoms with Gasteiger partial charge in [0.1, 0.15) is 0 Å². The summed E-state index contributed by atoms with van der Waals surface area (Å²) < 4.78 is 15.6. The molecule has 0 aliphatic carbocycles. The molecule has 0 aromatic heterocycles. The molecule has 0 saturated carbocycles. The van der Waals surface area contributed by atoms with Crippen molar-refractivity contribution in [3.8, 4) is 0 Å². The third-order valence-electron chi connectivity index (χ3n) is 3.81. The molecule has 0 bridgehead atoms. The summed E-state index contributed by atoms with van der Waals surface area (Å²) in [6.45, 7) is 3.73. The molecule has 2 saturated heterocycles. The van der Waals surface area contributed by atoms with Gasteiger partial charge in [0, 0.05) is 13.2 Å². The first kappa shape index (κ1) is 14.3. The number of esters is 1. The Hall–Kier alpha value is -1.14. The minimum atomic E-state index is -0.621. The summed E-state index contributed by atoms with van der Waals surface area (Å²) in [5, 5.41) is 0. The van der Waals surface area contributed by atoms with E-state index in [0.717, 1.165) is 12.8 Å². The molecule has 3 atom stereocenters. The molecule has 0 spiro atoms. The Morgan fingerprint density at radius 2 is 2.16 bits per heavy atom. The van der Waals surface area contributed by atoms with Crippen molar-refractivity contribution in [2.24, 2.45) is 5.92 Å². The summed E-state index contributed by atoms with van der Waals surface area (Å²) in [5.41, 5.74) is 0. The minimum absolute atomic E-state index is 0.0111. The monoisotopic (exact) mass is 271 g/mol. The molecule has 0 aromatic rings. The third-order valence-corrected chi connectivity index (χ3v) is 3.81. The van der Waals surface area contributed by atoms with Gasteiger partial charge in [0.05, 0.1) is 32.3 Å². The summed E-state index contributed by atoms with van der Waals surface area (Å²) in [4.78, 5) is 25.9. The van der Waals surface area contributed by atoms with Gasteiger partial charge in [0.2, 0.25) is 5.91 Å². The van der Waals surface area contributed by atoms with Crippen LogP contribution in [0.25, 0.3) is 0 Å². The summed E-state index contributed by atoms with van der Waals surface area (Å²) in [6.07, 6.45) is 1.50. The standard InChI is InChI=1S/C13H21NO5/c1-3-11-9(4-6-19-11)12(15)14-5-7-18-8-10(14)13(16)17-2/h9-11H,3-8H2,1-2H3. The number of rotatable bonds is 3. The molecule has 0 aromatic carbocycles. The molecule has 6 heteroatoms. The zero-order valence-corrected chi connectivity index (χ0v) is 11.5. The lowest BCUT2D eigenvalue weighted by Gasteiger charge is -2.35. The van der Waals surface area contributed by atoms with E-state index in [1.807, 2.05) is 6.92 Å². The van der Waals surface area contributed by atoms with E-state index in [1.165, 1.54) is 7.11 Å². The highest BCUT2D eigenvalue weighted by atomic mass is 16.5. The van der Waals surface area contributed by atoms with Crippen molar-refractivity contribution < 1.29 is 23.8 Å². The van der Waals surface area contributed by atoms with Gasteiger partial charge in [-0.15, -0.1) is 0 Å². The van der Waals surface area contributed by atoms with Gasteiger partial charge in [0.15, 0.2) is 6.04 Å². The highest BCUT2D eigenvalue weighted by Gasteiger charge is 2.41. The van der Waals surface area contributed by atoms with E-state index in [2.05, 4.69) is 0 Å². The van der Waals surface area contributed by atoms with Crippen molar-refractivity contribution >= 4 is 11.9 Å². The van der Waals surface area contributed by atoms with E-state index >= 15 is 0 Å². The third kappa shape index (κ3) is 2.90. The van der Waals surface area contributed by atoms with Gasteiger partial charge < -0.3 is 19.1 Å². The fourth-order valence-corrected chi connectivity index (χ4v) is 2.75. The molecule has 3 unspecified atom stereocenters. The smallest absolute Gasteiger partial charge is 0.331 e. The SMILES string of the molecule is CCC1OCCC1C(=O)N1CCOCC1C(=O)OC. The van der Waals surface area contributed by atoms with Crippen molar-refractivity contribution in [3.63, 3.8) is 0 Å². The van der Waals surface area contributed by atoms with Crippen molar-refractivity contribution in [3.05, 3.63) is 0 Å². The highest BCUT2D eigenvalue weighted by Crippen LogP contribution is 2.27. The number of ether oxygens (including phenoxy) is 3. The number of amides is 1. The van der Waals surface area contributed by atoms with Gasteiger partial charge in [-0.2, -0.15) is 0 Å². The zero-order chi connectivity index (χ0) is 13.8. The van der Waals surface area contributed by atoms with Crippen LogP contribution in [-0.2, 0) is 23.8 Å². The van der Waals surface area contributed by atoms with Crippen molar-refractivity contribution in [2.75, 3.05) is 33.5 Å². The fourth-order valence-electron chi connectivity index (χ4n) is 2.75. The molecule has 1 amide bonds. The molecular weight excluding hydrogens is 250 g/mol. The van der Waals surface area contributed by atoms with Crippen LogP contribution in [0.3, 0.4) is 0 Å². The Labute approximate surface area is 113 Å². The summed E-state index contributed by atoms with van der Waals surface area (Å²) >= 11 is 0. The predicted molar refractivity (Wildman–Crippen MR) is 66.5 cm³/mol. The van der Waals surface area contributed by atoms with Crippen LogP contribution in [0.1, 0.15) is 19.8 Å². The van der Waals surface area contributed by atoms with Gasteiger partial charge in [-0.05, 0) is 12.8 Å². The van der Waals surface area contributed by atoms with Crippen molar-refractivity contribution in [1.82, 2.24) is 4.90 Å². The number of morpholine rings is 1. The van der Waals surface area contributed by atoms with Crippen LogP contribution in [0, 0.1) is 5.92 Å². The summed E-state index contributed by atoms with van der Waals surface area (Å²) in [5.74, 6) is -0.571. The second kappa shape index (κ2) is 6.34. The molecule has 2 heterocycles. The fraction of sp³-hybridized carbons (Fsp3) is 0.846. The second-order valence-corrected chi connectivity index (χ2v) is 4.86. The van der Waals surface area contributed by atoms with Crippen LogP contribution in [0.5, 0.6) is 0 Å². The first-order chi connectivity index (χ1) is 9.19. The van der Waals surface area contributed by atoms with Crippen LogP contribution in [0.15, 0.2) is 0 Å². The Kier molecular flexibility index (Phi) is 4.76. The lowest BCUT2D eigenvalue weighted by molar-refractivity contribution is -0.163. The van der Waals surface area contributed by atoms with Gasteiger partial charge in [0.25, 0.3) is 0 Å². The number of hydrogen-bond donors (Lipinski definition) is 0. The summed E-state index contributed by atoms with van der Waals surface area (Å²) in [7, 11) is 1.33. The predicted octanol–water partition coefficient (Wildman–Crippen LogP) is 0.202. The number of carbonyl (C=O) groups is 2. The maximum atomic E-state index is 12.6. The topological polar surface area (TPSA) is 65.1 Å². The second-order valence-electron chi connectivity index (χ2n) is 4.86. The first-order valence-electron chi connectivity index (χ1n) is 6.76. The van der Waals surface area contributed by atoms with E-state index in [9.17, 15) is 9.59 Å². The zero-order valence-electron chi connectivity index (χ0n) is 11.5. The average Bonchev–Trinajstić information content (AvgIpc) is 2.94. The molecule has 19 heavy (non-hydrogen) atoms. The van der Waals surface area contributed by atoms with Crippen LogP contribution >= 0.6 is 0 Å². The van der Waals surface area contributed by atoms with Crippen LogP contribution in [0.2, 0.25) is 0 Å². The van der Waals surface area contributed by atoms with E-state index in [4.69, 9.17) is 14.2 Å². The molecule has 108 valence electrons. The minimum Gasteiger partial charge on any atom is -0.467 e. The maximum absolute atomic E-state index is 12.6. The van der Waals surface area contributed by atoms with Gasteiger partial charge >= 0.3 is 5.97 Å². The molecule has 2 fully saturated rings. The van der Waals surface area contributed by atoms with E-state index in [0.29, 0.717) is 19.8 Å². The molecular formula is C13H21NO5. The molecule has 0 N–H and O–H groups in total. The number of methoxy groups -OCH3 is 1. The van der Waals surface area contributed by atoms with Crippen LogP contribution in [0.4, 0.5) is 0 Å². The highest BCUT2D eigenvalue weighted by molar-refractivity contribution is 5.86. The van der Waals surface area contributed by atoms with Crippen molar-refractivity contribution in [2.45, 2.75) is 31.9 Å². The van der Waals surface area contributed by atoms with Gasteiger partial charge in [-0.1, -0.05) is 6.92 Å². The number of carbonyl (C=O) groups excluding carboxylic acids is 2. The van der Waals surface area contributed by atoms with E-state index < -0.39 is 12.0 Å². The van der Waals surface area contributed by atoms with Gasteiger partial charge in [-0.25, -0.2) is 4.79 Å². The molecule has 6 nitrogen and oxygen atoms in total. The van der Waals surface area contributed by atoms with Gasteiger partial charge in [-0.3, -0.25) is 4.79 Å². The lowest BCUT2D eigenvalue weighted by Crippen LogP contribution is -2.55. The maximum Gasteiger partial charge on any atom is 0.331 e. The number of nitrogens with zero attached hydrogens (tertiary/aromatic N) is 1. The van der Waals surface area contributed by atoms with Crippen LogP contribution < -0.4 is 0 Å². The lowest BCUT2D eigenvalue weighted by atomic mass is 9.97. The van der Waals surface area contributed by atoms with Crippen LogP contribution in [-0.4, -0.2) is 62.4 Å². The summed E-state index contributed by atoms with van der Waals surface area (Å²) in [6, 6.07) is -0.621. The molecule has 0 radical (unpaired) electrons. The molecule has 2 aliphatic rings. The Morgan fingerprint density at radius 3 is 2.84 bits per heavy atom.